The fraction of sp³-hybridized carbons (Fsp3) is 0.714. The van der Waals surface area contributed by atoms with Crippen molar-refractivity contribution in [1.82, 2.24) is 0 Å². The number of carbonyl (C=O) groups excluding carboxylic acids is 4. The van der Waals surface area contributed by atoms with Gasteiger partial charge in [-0.3, -0.25) is 19.2 Å². The molecule has 0 aromatic heterocycles. The van der Waals surface area contributed by atoms with Crippen molar-refractivity contribution in [3.63, 3.8) is 0 Å². The van der Waals surface area contributed by atoms with E-state index in [-0.39, 0.29) is 6.61 Å². The lowest BCUT2D eigenvalue weighted by Gasteiger charge is -2.42. The van der Waals surface area contributed by atoms with E-state index in [0.717, 1.165) is 20.8 Å². The molecule has 10 nitrogen and oxygen atoms in total. The minimum absolute atomic E-state index is 0.310. The van der Waals surface area contributed by atoms with Gasteiger partial charge < -0.3 is 29.4 Å². The summed E-state index contributed by atoms with van der Waals surface area (Å²) in [5.74, 6) is -2.62. The number of esters is 4. The Kier molecular flexibility index (Phi) is 7.11. The first-order valence-electron chi connectivity index (χ1n) is 7.18. The van der Waals surface area contributed by atoms with E-state index >= 15 is 0 Å². The van der Waals surface area contributed by atoms with Crippen LogP contribution in [0.5, 0.6) is 0 Å². The fourth-order valence-electron chi connectivity index (χ4n) is 2.20. The molecule has 24 heavy (non-hydrogen) atoms. The summed E-state index contributed by atoms with van der Waals surface area (Å²) in [5, 5.41) is 0. The summed E-state index contributed by atoms with van der Waals surface area (Å²) < 4.78 is 25.5. The first-order chi connectivity index (χ1) is 11.1. The Labute approximate surface area is 138 Å². The highest BCUT2D eigenvalue weighted by atomic mass is 16.7. The van der Waals surface area contributed by atoms with Crippen LogP contribution in [0.3, 0.4) is 0 Å². The van der Waals surface area contributed by atoms with Gasteiger partial charge in [-0.1, -0.05) is 0 Å². The van der Waals surface area contributed by atoms with Gasteiger partial charge in [-0.2, -0.15) is 0 Å². The van der Waals surface area contributed by atoms with Gasteiger partial charge in [0.2, 0.25) is 6.29 Å². The van der Waals surface area contributed by atoms with Crippen LogP contribution >= 0.6 is 0 Å². The average molecular weight is 347 g/mol. The van der Waals surface area contributed by atoms with E-state index in [9.17, 15) is 19.2 Å². The van der Waals surface area contributed by atoms with E-state index in [0.29, 0.717) is 0 Å². The van der Waals surface area contributed by atoms with E-state index in [1.54, 1.807) is 0 Å². The van der Waals surface area contributed by atoms with Gasteiger partial charge in [0.1, 0.15) is 18.8 Å². The Hall–Kier alpha value is -2.20. The fourth-order valence-corrected chi connectivity index (χ4v) is 2.20. The van der Waals surface area contributed by atoms with Gasteiger partial charge in [0.05, 0.1) is 0 Å². The first-order valence-corrected chi connectivity index (χ1v) is 7.18. The minimum atomic E-state index is -1.26. The van der Waals surface area contributed by atoms with Crippen molar-refractivity contribution >= 4 is 23.9 Å². The molecule has 1 unspecified atom stereocenters. The molecule has 1 aliphatic rings. The Balaban J connectivity index is 3.08. The number of hydrogen-bond acceptors (Lipinski definition) is 10. The maximum absolute atomic E-state index is 11.3. The summed E-state index contributed by atoms with van der Waals surface area (Å²) in [6.07, 6.45) is -4.58. The molecule has 1 heterocycles. The third-order valence-corrected chi connectivity index (χ3v) is 3.03. The van der Waals surface area contributed by atoms with E-state index in [2.05, 4.69) is 0 Å². The summed E-state index contributed by atoms with van der Waals surface area (Å²) in [7, 11) is 0. The second-order valence-electron chi connectivity index (χ2n) is 5.18. The monoisotopic (exact) mass is 347 g/mol. The Morgan fingerprint density at radius 2 is 1.33 bits per heavy atom. The van der Waals surface area contributed by atoms with Gasteiger partial charge in [0.15, 0.2) is 12.2 Å². The summed E-state index contributed by atoms with van der Waals surface area (Å²) in [5.41, 5.74) is 5.93. The molecule has 5 atom stereocenters. The summed E-state index contributed by atoms with van der Waals surface area (Å²) in [6, 6.07) is -1.10. The zero-order valence-electron chi connectivity index (χ0n) is 13.8. The van der Waals surface area contributed by atoms with Crippen molar-refractivity contribution in [1.29, 1.82) is 0 Å². The Bertz CT molecular complexity index is 490. The standard InChI is InChI=1S/C14H21NO9/c1-6(16)20-5-10-12(21-7(2)17)13(22-8(3)18)11(15)14(24-10)23-9(4)19/h10-14H,5,15H2,1-4H3/t10-,11-,12+,13-,14?/m1/s1. The van der Waals surface area contributed by atoms with Gasteiger partial charge in [-0.05, 0) is 0 Å². The first kappa shape index (κ1) is 19.8. The molecule has 2 N–H and O–H groups in total. The molecule has 10 heteroatoms. The van der Waals surface area contributed by atoms with Gasteiger partial charge >= 0.3 is 23.9 Å². The number of carbonyl (C=O) groups is 4. The minimum Gasteiger partial charge on any atom is -0.463 e. The topological polar surface area (TPSA) is 140 Å². The largest absolute Gasteiger partial charge is 0.463 e. The van der Waals surface area contributed by atoms with Crippen molar-refractivity contribution < 1.29 is 42.9 Å². The number of nitrogens with two attached hydrogens (primary N) is 1. The molecule has 0 aliphatic carbocycles. The number of ether oxygens (including phenoxy) is 5. The van der Waals surface area contributed by atoms with E-state index in [1.165, 1.54) is 6.92 Å². The highest BCUT2D eigenvalue weighted by Crippen LogP contribution is 2.26. The molecular weight excluding hydrogens is 326 g/mol. The van der Waals surface area contributed by atoms with Gasteiger partial charge in [0.25, 0.3) is 0 Å². The van der Waals surface area contributed by atoms with Crippen molar-refractivity contribution in [2.75, 3.05) is 6.61 Å². The van der Waals surface area contributed by atoms with Crippen molar-refractivity contribution in [2.24, 2.45) is 5.73 Å². The molecule has 0 aromatic rings. The van der Waals surface area contributed by atoms with Crippen molar-refractivity contribution in [3.8, 4) is 0 Å². The van der Waals surface area contributed by atoms with Crippen molar-refractivity contribution in [3.05, 3.63) is 0 Å². The molecule has 1 rings (SSSR count). The zero-order chi connectivity index (χ0) is 18.4. The van der Waals surface area contributed by atoms with E-state index < -0.39 is 54.5 Å². The zero-order valence-corrected chi connectivity index (χ0v) is 13.8. The summed E-state index contributed by atoms with van der Waals surface area (Å²) in [6.45, 7) is 4.32. The molecule has 1 fully saturated rings. The Morgan fingerprint density at radius 1 is 0.833 bits per heavy atom. The second-order valence-corrected chi connectivity index (χ2v) is 5.18. The lowest BCUT2D eigenvalue weighted by atomic mass is 9.97. The second kappa shape index (κ2) is 8.60. The molecule has 0 radical (unpaired) electrons. The average Bonchev–Trinajstić information content (AvgIpc) is 2.42. The quantitative estimate of drug-likeness (QED) is 0.487. The molecular formula is C14H21NO9. The lowest BCUT2D eigenvalue weighted by Crippen LogP contribution is -2.65. The van der Waals surface area contributed by atoms with Crippen LogP contribution in [0.2, 0.25) is 0 Å². The molecule has 0 saturated carbocycles. The molecule has 1 aliphatic heterocycles. The van der Waals surface area contributed by atoms with E-state index in [4.69, 9.17) is 29.4 Å². The molecule has 0 spiro atoms. The number of hydrogen-bond donors (Lipinski definition) is 1. The van der Waals surface area contributed by atoms with Gasteiger partial charge in [0, 0.05) is 27.7 Å². The lowest BCUT2D eigenvalue weighted by molar-refractivity contribution is -0.267. The SMILES string of the molecule is CC(=O)OC[C@H]1OC(OC(C)=O)[C@H](N)[C@@H](OC(C)=O)[C@H]1OC(C)=O. The Morgan fingerprint density at radius 3 is 1.79 bits per heavy atom. The van der Waals surface area contributed by atoms with Crippen LogP contribution in [-0.2, 0) is 42.9 Å². The van der Waals surface area contributed by atoms with Gasteiger partial charge in [-0.15, -0.1) is 0 Å². The van der Waals surface area contributed by atoms with Crippen LogP contribution in [-0.4, -0.2) is 61.1 Å². The molecule has 0 aromatic carbocycles. The summed E-state index contributed by atoms with van der Waals surface area (Å²) >= 11 is 0. The highest BCUT2D eigenvalue weighted by molar-refractivity contribution is 5.68. The predicted octanol–water partition coefficient (Wildman–Crippen LogP) is -0.972. The third-order valence-electron chi connectivity index (χ3n) is 3.03. The maximum atomic E-state index is 11.3. The molecule has 0 amide bonds. The van der Waals surface area contributed by atoms with Crippen LogP contribution in [0.25, 0.3) is 0 Å². The predicted molar refractivity (Wildman–Crippen MR) is 76.1 cm³/mol. The van der Waals surface area contributed by atoms with Crippen LogP contribution in [0.4, 0.5) is 0 Å². The smallest absolute Gasteiger partial charge is 0.304 e. The van der Waals surface area contributed by atoms with Crippen LogP contribution in [0.15, 0.2) is 0 Å². The normalized spacial score (nSPS) is 29.3. The maximum Gasteiger partial charge on any atom is 0.304 e. The van der Waals surface area contributed by atoms with Crippen molar-refractivity contribution in [2.45, 2.75) is 58.3 Å². The summed E-state index contributed by atoms with van der Waals surface area (Å²) in [4.78, 5) is 44.9. The number of rotatable bonds is 5. The molecule has 0 bridgehead atoms. The van der Waals surface area contributed by atoms with Crippen LogP contribution in [0, 0.1) is 0 Å². The van der Waals surface area contributed by atoms with E-state index in [1.807, 2.05) is 0 Å². The van der Waals surface area contributed by atoms with Crippen LogP contribution < -0.4 is 5.73 Å². The van der Waals surface area contributed by atoms with Gasteiger partial charge in [-0.25, -0.2) is 0 Å². The molecule has 136 valence electrons. The third kappa shape index (κ3) is 5.78. The van der Waals surface area contributed by atoms with Crippen LogP contribution in [0.1, 0.15) is 27.7 Å². The molecule has 1 saturated heterocycles. The highest BCUT2D eigenvalue weighted by Gasteiger charge is 2.50.